The molecule has 41 heavy (non-hydrogen) atoms. The van der Waals surface area contributed by atoms with E-state index in [9.17, 15) is 27.9 Å². The number of fused-ring (bicyclic) bond motifs is 1. The third kappa shape index (κ3) is 8.61. The van der Waals surface area contributed by atoms with Crippen LogP contribution in [0.5, 0.6) is 5.75 Å². The molecule has 1 N–H and O–H groups in total. The lowest BCUT2D eigenvalue weighted by molar-refractivity contribution is -0.192. The fourth-order valence-electron chi connectivity index (χ4n) is 4.39. The Morgan fingerprint density at radius 3 is 2.63 bits per heavy atom. The van der Waals surface area contributed by atoms with E-state index in [0.717, 1.165) is 27.4 Å². The zero-order chi connectivity index (χ0) is 29.4. The van der Waals surface area contributed by atoms with E-state index < -0.39 is 24.9 Å². The van der Waals surface area contributed by atoms with Gasteiger partial charge in [0, 0.05) is 17.7 Å². The molecule has 1 heterocycles. The largest absolute Gasteiger partial charge is 0.492 e. The minimum Gasteiger partial charge on any atom is -0.492 e. The molecule has 2 aliphatic rings. The zero-order valence-corrected chi connectivity index (χ0v) is 23.0. The predicted octanol–water partition coefficient (Wildman–Crippen LogP) is 5.21. The normalized spacial score (nSPS) is 16.8. The SMILES string of the molecule is CON=C1CC=CC=C1Cc1ccc2c(c1)SCC(=O)N2CCOc1ccc(CC(OCC(F)(F)F)C(=O)O)cc1. The first-order chi connectivity index (χ1) is 19.6. The van der Waals surface area contributed by atoms with Gasteiger partial charge in [-0.05, 0) is 47.4 Å². The second-order valence-corrected chi connectivity index (χ2v) is 10.3. The number of hydrogen-bond acceptors (Lipinski definition) is 7. The molecule has 12 heteroatoms. The minimum atomic E-state index is -4.61. The number of alkyl halides is 3. The van der Waals surface area contributed by atoms with Crippen molar-refractivity contribution in [3.8, 4) is 5.75 Å². The van der Waals surface area contributed by atoms with Crippen LogP contribution in [-0.4, -0.2) is 67.6 Å². The fourth-order valence-corrected chi connectivity index (χ4v) is 5.38. The van der Waals surface area contributed by atoms with Gasteiger partial charge < -0.3 is 24.3 Å². The van der Waals surface area contributed by atoms with E-state index >= 15 is 0 Å². The van der Waals surface area contributed by atoms with Crippen LogP contribution in [0.1, 0.15) is 17.5 Å². The van der Waals surface area contributed by atoms with E-state index in [1.165, 1.54) is 18.9 Å². The van der Waals surface area contributed by atoms with E-state index in [-0.39, 0.29) is 18.9 Å². The van der Waals surface area contributed by atoms with Crippen LogP contribution in [0.3, 0.4) is 0 Å². The Morgan fingerprint density at radius 2 is 1.93 bits per heavy atom. The standard InChI is InChI=1S/C29H29F3N2O6S/c1-38-33-23-5-3-2-4-21(23)14-20-8-11-24-26(16-20)41-17-27(35)34(24)12-13-39-22-9-6-19(7-10-22)15-25(28(36)37)40-18-29(30,31)32/h2-4,6-11,16,25H,5,12-15,17-18H2,1H3,(H,36,37). The molecule has 0 bridgehead atoms. The molecule has 1 aliphatic heterocycles. The molecule has 0 spiro atoms. The summed E-state index contributed by atoms with van der Waals surface area (Å²) in [5.74, 6) is -0.704. The van der Waals surface area contributed by atoms with Crippen molar-refractivity contribution in [1.29, 1.82) is 0 Å². The Bertz CT molecular complexity index is 1340. The van der Waals surface area contributed by atoms with Crippen molar-refractivity contribution in [2.24, 2.45) is 5.16 Å². The lowest BCUT2D eigenvalue weighted by atomic mass is 9.95. The molecule has 2 aromatic rings. The highest BCUT2D eigenvalue weighted by molar-refractivity contribution is 8.00. The average Bonchev–Trinajstić information content (AvgIpc) is 2.93. The number of aliphatic carboxylic acids is 1. The molecule has 218 valence electrons. The lowest BCUT2D eigenvalue weighted by Crippen LogP contribution is -2.38. The second kappa shape index (κ2) is 13.7. The molecule has 2 aromatic carbocycles. The number of thioether (sulfide) groups is 1. The molecule has 0 fully saturated rings. The van der Waals surface area contributed by atoms with Crippen LogP contribution in [0.4, 0.5) is 18.9 Å². The number of benzene rings is 2. The maximum atomic E-state index is 12.7. The molecule has 1 aliphatic carbocycles. The van der Waals surface area contributed by atoms with E-state index in [1.54, 1.807) is 29.2 Å². The van der Waals surface area contributed by atoms with Gasteiger partial charge in [0.25, 0.3) is 0 Å². The van der Waals surface area contributed by atoms with Gasteiger partial charge in [0.15, 0.2) is 6.10 Å². The second-order valence-electron chi connectivity index (χ2n) is 9.31. The van der Waals surface area contributed by atoms with Gasteiger partial charge in [-0.15, -0.1) is 11.8 Å². The number of oxime groups is 1. The van der Waals surface area contributed by atoms with Crippen molar-refractivity contribution in [2.45, 2.75) is 36.4 Å². The Kier molecular flexibility index (Phi) is 10.1. The molecule has 0 radical (unpaired) electrons. The van der Waals surface area contributed by atoms with Crippen molar-refractivity contribution in [1.82, 2.24) is 0 Å². The van der Waals surface area contributed by atoms with Gasteiger partial charge in [0.2, 0.25) is 5.91 Å². The summed E-state index contributed by atoms with van der Waals surface area (Å²) in [6, 6.07) is 12.4. The van der Waals surface area contributed by atoms with Crippen LogP contribution in [0.25, 0.3) is 0 Å². The quantitative estimate of drug-likeness (QED) is 0.339. The molecule has 0 saturated carbocycles. The van der Waals surface area contributed by atoms with Crippen LogP contribution < -0.4 is 9.64 Å². The van der Waals surface area contributed by atoms with Crippen LogP contribution in [0.15, 0.2) is 76.3 Å². The number of halogens is 3. The first kappa shape index (κ1) is 30.2. The number of rotatable bonds is 12. The van der Waals surface area contributed by atoms with E-state index in [0.29, 0.717) is 36.5 Å². The van der Waals surface area contributed by atoms with E-state index in [2.05, 4.69) is 16.0 Å². The van der Waals surface area contributed by atoms with Crippen molar-refractivity contribution in [3.63, 3.8) is 0 Å². The molecule has 0 saturated heterocycles. The van der Waals surface area contributed by atoms with Crippen molar-refractivity contribution < 1.29 is 42.2 Å². The number of carboxylic acid groups (broad SMARTS) is 1. The molecule has 1 unspecified atom stereocenters. The number of amides is 1. The van der Waals surface area contributed by atoms with Crippen LogP contribution in [0, 0.1) is 0 Å². The predicted molar refractivity (Wildman–Crippen MR) is 149 cm³/mol. The Morgan fingerprint density at radius 1 is 1.17 bits per heavy atom. The minimum absolute atomic E-state index is 0.0255. The summed E-state index contributed by atoms with van der Waals surface area (Å²) in [5.41, 5.74) is 4.37. The van der Waals surface area contributed by atoms with Crippen LogP contribution in [-0.2, 0) is 32.0 Å². The number of nitrogens with zero attached hydrogens (tertiary/aromatic N) is 2. The summed E-state index contributed by atoms with van der Waals surface area (Å²) in [6.07, 6.45) is 0.999. The molecular formula is C29H29F3N2O6S. The molecule has 4 rings (SSSR count). The third-order valence-corrected chi connectivity index (χ3v) is 7.36. The first-order valence-electron chi connectivity index (χ1n) is 12.8. The van der Waals surface area contributed by atoms with Gasteiger partial charge in [-0.25, -0.2) is 4.79 Å². The smallest absolute Gasteiger partial charge is 0.411 e. The summed E-state index contributed by atoms with van der Waals surface area (Å²) in [7, 11) is 1.53. The number of hydrogen-bond donors (Lipinski definition) is 1. The van der Waals surface area contributed by atoms with Gasteiger partial charge in [0.05, 0.1) is 23.7 Å². The molecule has 1 atom stereocenters. The topological polar surface area (TPSA) is 97.7 Å². The highest BCUT2D eigenvalue weighted by atomic mass is 32.2. The number of ether oxygens (including phenoxy) is 2. The molecule has 0 aromatic heterocycles. The van der Waals surface area contributed by atoms with Crippen molar-refractivity contribution in [2.75, 3.05) is 37.5 Å². The highest BCUT2D eigenvalue weighted by Gasteiger charge is 2.31. The number of anilines is 1. The zero-order valence-electron chi connectivity index (χ0n) is 22.2. The Labute approximate surface area is 239 Å². The Balaban J connectivity index is 1.33. The number of carbonyl (C=O) groups is 2. The van der Waals surface area contributed by atoms with Crippen molar-refractivity contribution in [3.05, 3.63) is 77.4 Å². The maximum absolute atomic E-state index is 12.7. The summed E-state index contributed by atoms with van der Waals surface area (Å²) in [6.45, 7) is -1.11. The van der Waals surface area contributed by atoms with Gasteiger partial charge in [-0.2, -0.15) is 13.2 Å². The lowest BCUT2D eigenvalue weighted by Gasteiger charge is -2.29. The third-order valence-electron chi connectivity index (χ3n) is 6.33. The first-order valence-corrected chi connectivity index (χ1v) is 13.8. The van der Waals surface area contributed by atoms with E-state index in [4.69, 9.17) is 9.57 Å². The van der Waals surface area contributed by atoms with Crippen LogP contribution >= 0.6 is 11.8 Å². The summed E-state index contributed by atoms with van der Waals surface area (Å²) >= 11 is 1.50. The summed E-state index contributed by atoms with van der Waals surface area (Å²) in [4.78, 5) is 31.7. The Hall–Kier alpha value is -3.77. The summed E-state index contributed by atoms with van der Waals surface area (Å²) < 4.78 is 47.5. The van der Waals surface area contributed by atoms with Crippen molar-refractivity contribution >= 4 is 35.0 Å². The van der Waals surface area contributed by atoms with E-state index in [1.807, 2.05) is 30.4 Å². The average molecular weight is 591 g/mol. The number of allylic oxidation sites excluding steroid dienone is 4. The summed E-state index contributed by atoms with van der Waals surface area (Å²) in [5, 5.41) is 13.3. The molecule has 1 amide bonds. The van der Waals surface area contributed by atoms with Gasteiger partial charge >= 0.3 is 12.1 Å². The molecule has 8 nitrogen and oxygen atoms in total. The van der Waals surface area contributed by atoms with Gasteiger partial charge in [-0.1, -0.05) is 41.6 Å². The number of carboxylic acids is 1. The van der Waals surface area contributed by atoms with Gasteiger partial charge in [-0.3, -0.25) is 4.79 Å². The molecular weight excluding hydrogens is 561 g/mol. The highest BCUT2D eigenvalue weighted by Crippen LogP contribution is 2.36. The number of carbonyl (C=O) groups excluding carboxylic acids is 1. The maximum Gasteiger partial charge on any atom is 0.411 e. The van der Waals surface area contributed by atoms with Gasteiger partial charge in [0.1, 0.15) is 26.1 Å². The monoisotopic (exact) mass is 590 g/mol. The van der Waals surface area contributed by atoms with Crippen LogP contribution in [0.2, 0.25) is 0 Å². The fraction of sp³-hybridized carbons (Fsp3) is 0.345.